The monoisotopic (exact) mass is 308 g/mol. The second-order valence-corrected chi connectivity index (χ2v) is 5.88. The molecule has 4 heteroatoms. The zero-order valence-corrected chi connectivity index (χ0v) is 13.2. The van der Waals surface area contributed by atoms with E-state index in [0.717, 1.165) is 30.6 Å². The third-order valence-electron chi connectivity index (χ3n) is 4.02. The van der Waals surface area contributed by atoms with Crippen molar-refractivity contribution in [3.8, 4) is 0 Å². The minimum atomic E-state index is -0.143. The number of nitrogens with zero attached hydrogens (tertiary/aromatic N) is 1. The fourth-order valence-electron chi connectivity index (χ4n) is 2.82. The van der Waals surface area contributed by atoms with Crippen molar-refractivity contribution < 1.29 is 9.59 Å². The molecule has 0 aliphatic carbocycles. The van der Waals surface area contributed by atoms with Crippen LogP contribution in [-0.2, 0) is 4.79 Å². The van der Waals surface area contributed by atoms with E-state index in [9.17, 15) is 9.59 Å². The molecule has 0 atom stereocenters. The van der Waals surface area contributed by atoms with E-state index >= 15 is 0 Å². The van der Waals surface area contributed by atoms with Gasteiger partial charge in [-0.15, -0.1) is 0 Å². The van der Waals surface area contributed by atoms with Gasteiger partial charge < -0.3 is 10.2 Å². The van der Waals surface area contributed by atoms with Crippen LogP contribution in [-0.4, -0.2) is 18.4 Å². The van der Waals surface area contributed by atoms with Crippen molar-refractivity contribution in [3.63, 3.8) is 0 Å². The molecule has 1 aliphatic heterocycles. The lowest BCUT2D eigenvalue weighted by atomic mass is 10.1. The van der Waals surface area contributed by atoms with Crippen molar-refractivity contribution >= 4 is 23.2 Å². The van der Waals surface area contributed by atoms with E-state index < -0.39 is 0 Å². The fraction of sp³-hybridized carbons (Fsp3) is 0.263. The van der Waals surface area contributed by atoms with Crippen LogP contribution in [0.25, 0.3) is 0 Å². The smallest absolute Gasteiger partial charge is 0.255 e. The first-order valence-corrected chi connectivity index (χ1v) is 7.92. The zero-order chi connectivity index (χ0) is 16.2. The Hall–Kier alpha value is -2.62. The summed E-state index contributed by atoms with van der Waals surface area (Å²) in [7, 11) is 0. The minimum absolute atomic E-state index is 0.143. The molecule has 0 saturated carbocycles. The van der Waals surface area contributed by atoms with Gasteiger partial charge in [-0.3, -0.25) is 9.59 Å². The summed E-state index contributed by atoms with van der Waals surface area (Å²) in [4.78, 5) is 26.1. The largest absolute Gasteiger partial charge is 0.322 e. The molecular formula is C19H20N2O2. The quantitative estimate of drug-likeness (QED) is 0.938. The van der Waals surface area contributed by atoms with Crippen molar-refractivity contribution in [1.29, 1.82) is 0 Å². The topological polar surface area (TPSA) is 49.4 Å². The molecule has 23 heavy (non-hydrogen) atoms. The van der Waals surface area contributed by atoms with Crippen molar-refractivity contribution in [1.82, 2.24) is 0 Å². The summed E-state index contributed by atoms with van der Waals surface area (Å²) in [6.45, 7) is 2.70. The van der Waals surface area contributed by atoms with Gasteiger partial charge in [0.25, 0.3) is 5.91 Å². The Bertz CT molecular complexity index is 740. The number of piperidine rings is 1. The molecule has 0 aromatic heterocycles. The third-order valence-corrected chi connectivity index (χ3v) is 4.02. The summed E-state index contributed by atoms with van der Waals surface area (Å²) >= 11 is 0. The molecule has 2 aromatic carbocycles. The lowest BCUT2D eigenvalue weighted by Gasteiger charge is -2.27. The Labute approximate surface area is 136 Å². The maximum atomic E-state index is 12.3. The number of hydrogen-bond donors (Lipinski definition) is 1. The van der Waals surface area contributed by atoms with Gasteiger partial charge in [-0.25, -0.2) is 0 Å². The Morgan fingerprint density at radius 1 is 1.09 bits per heavy atom. The van der Waals surface area contributed by atoms with Gasteiger partial charge in [0.05, 0.1) is 0 Å². The molecule has 2 aromatic rings. The molecule has 0 radical (unpaired) electrons. The van der Waals surface area contributed by atoms with Gasteiger partial charge >= 0.3 is 0 Å². The molecule has 0 spiro atoms. The molecule has 0 bridgehead atoms. The number of hydrogen-bond acceptors (Lipinski definition) is 2. The molecule has 0 unspecified atom stereocenters. The lowest BCUT2D eigenvalue weighted by Crippen LogP contribution is -2.35. The van der Waals surface area contributed by atoms with Crippen molar-refractivity contribution in [2.75, 3.05) is 16.8 Å². The maximum absolute atomic E-state index is 12.3. The number of amides is 2. The van der Waals surface area contributed by atoms with Gasteiger partial charge in [-0.1, -0.05) is 23.8 Å². The highest BCUT2D eigenvalue weighted by atomic mass is 16.2. The van der Waals surface area contributed by atoms with Crippen molar-refractivity contribution in [3.05, 3.63) is 59.7 Å². The van der Waals surface area contributed by atoms with Gasteiger partial charge in [-0.05, 0) is 50.1 Å². The zero-order valence-electron chi connectivity index (χ0n) is 13.2. The highest BCUT2D eigenvalue weighted by Crippen LogP contribution is 2.24. The van der Waals surface area contributed by atoms with Crippen LogP contribution >= 0.6 is 0 Å². The van der Waals surface area contributed by atoms with E-state index in [0.29, 0.717) is 17.7 Å². The highest BCUT2D eigenvalue weighted by molar-refractivity contribution is 6.05. The predicted octanol–water partition coefficient (Wildman–Crippen LogP) is 3.76. The molecule has 1 aliphatic rings. The molecule has 3 rings (SSSR count). The van der Waals surface area contributed by atoms with Crippen LogP contribution in [0.15, 0.2) is 48.5 Å². The van der Waals surface area contributed by atoms with Gasteiger partial charge in [0.1, 0.15) is 0 Å². The Kier molecular flexibility index (Phi) is 4.42. The Morgan fingerprint density at radius 3 is 2.70 bits per heavy atom. The van der Waals surface area contributed by atoms with Crippen molar-refractivity contribution in [2.45, 2.75) is 26.2 Å². The second-order valence-electron chi connectivity index (χ2n) is 5.88. The Balaban J connectivity index is 1.77. The second kappa shape index (κ2) is 6.65. The van der Waals surface area contributed by atoms with E-state index in [4.69, 9.17) is 0 Å². The summed E-state index contributed by atoms with van der Waals surface area (Å²) in [5, 5.41) is 2.90. The van der Waals surface area contributed by atoms with E-state index in [1.807, 2.05) is 49.4 Å². The molecule has 118 valence electrons. The summed E-state index contributed by atoms with van der Waals surface area (Å²) in [6, 6.07) is 14.9. The van der Waals surface area contributed by atoms with Crippen LogP contribution in [0.3, 0.4) is 0 Å². The minimum Gasteiger partial charge on any atom is -0.322 e. The Morgan fingerprint density at radius 2 is 1.91 bits per heavy atom. The molecular weight excluding hydrogens is 288 g/mol. The number of anilines is 2. The first-order valence-electron chi connectivity index (χ1n) is 7.92. The van der Waals surface area contributed by atoms with E-state index in [1.54, 1.807) is 11.0 Å². The number of carbonyl (C=O) groups is 2. The van der Waals surface area contributed by atoms with Crippen LogP contribution in [0.5, 0.6) is 0 Å². The first kappa shape index (κ1) is 15.3. The SMILES string of the molecule is Cc1cccc(C(=O)Nc2cccc(N3CCCCC3=O)c2)c1. The first-order chi connectivity index (χ1) is 11.1. The number of carbonyl (C=O) groups excluding carboxylic acids is 2. The fourth-order valence-corrected chi connectivity index (χ4v) is 2.82. The standard InChI is InChI=1S/C19H20N2O2/c1-14-6-4-7-15(12-14)19(23)20-16-8-5-9-17(13-16)21-11-3-2-10-18(21)22/h4-9,12-13H,2-3,10-11H2,1H3,(H,20,23). The maximum Gasteiger partial charge on any atom is 0.255 e. The third kappa shape index (κ3) is 3.59. The average molecular weight is 308 g/mol. The number of rotatable bonds is 3. The van der Waals surface area contributed by atoms with E-state index in [2.05, 4.69) is 5.32 Å². The lowest BCUT2D eigenvalue weighted by molar-refractivity contribution is -0.119. The summed E-state index contributed by atoms with van der Waals surface area (Å²) in [5.74, 6) is 0.00855. The van der Waals surface area contributed by atoms with Gasteiger partial charge in [-0.2, -0.15) is 0 Å². The van der Waals surface area contributed by atoms with Crippen LogP contribution in [0.4, 0.5) is 11.4 Å². The molecule has 1 saturated heterocycles. The van der Waals surface area contributed by atoms with Gasteiger partial charge in [0, 0.05) is 29.9 Å². The summed E-state index contributed by atoms with van der Waals surface area (Å²) in [5.41, 5.74) is 3.22. The van der Waals surface area contributed by atoms with Crippen molar-refractivity contribution in [2.24, 2.45) is 0 Å². The number of aryl methyl sites for hydroxylation is 1. The average Bonchev–Trinajstić information content (AvgIpc) is 2.55. The summed E-state index contributed by atoms with van der Waals surface area (Å²) < 4.78 is 0. The normalized spacial score (nSPS) is 14.7. The molecule has 1 heterocycles. The molecule has 1 N–H and O–H groups in total. The molecule has 2 amide bonds. The number of nitrogens with one attached hydrogen (secondary N) is 1. The molecule has 4 nitrogen and oxygen atoms in total. The summed E-state index contributed by atoms with van der Waals surface area (Å²) in [6.07, 6.45) is 2.57. The van der Waals surface area contributed by atoms with E-state index in [1.165, 1.54) is 0 Å². The van der Waals surface area contributed by atoms with E-state index in [-0.39, 0.29) is 11.8 Å². The van der Waals surface area contributed by atoms with Crippen LogP contribution < -0.4 is 10.2 Å². The van der Waals surface area contributed by atoms with Crippen LogP contribution in [0.1, 0.15) is 35.2 Å². The highest BCUT2D eigenvalue weighted by Gasteiger charge is 2.19. The van der Waals surface area contributed by atoms with Crippen LogP contribution in [0.2, 0.25) is 0 Å². The molecule has 1 fully saturated rings. The number of benzene rings is 2. The van der Waals surface area contributed by atoms with Crippen LogP contribution in [0, 0.1) is 6.92 Å². The van der Waals surface area contributed by atoms with Gasteiger partial charge in [0.2, 0.25) is 5.91 Å². The predicted molar refractivity (Wildman–Crippen MR) is 91.8 cm³/mol. The van der Waals surface area contributed by atoms with Gasteiger partial charge in [0.15, 0.2) is 0 Å².